The molecule has 3 rings (SSSR count). The molecule has 28 heavy (non-hydrogen) atoms. The second-order valence-electron chi connectivity index (χ2n) is 8.57. The lowest BCUT2D eigenvalue weighted by Gasteiger charge is -2.30. The van der Waals surface area contributed by atoms with E-state index >= 15 is 0 Å². The highest BCUT2D eigenvalue weighted by atomic mass is 32.2. The maximum atomic E-state index is 12.8. The van der Waals surface area contributed by atoms with Crippen molar-refractivity contribution in [1.29, 1.82) is 0 Å². The summed E-state index contributed by atoms with van der Waals surface area (Å²) < 4.78 is 30.3. The first-order valence-electron chi connectivity index (χ1n) is 9.57. The maximum absolute atomic E-state index is 12.8. The smallest absolute Gasteiger partial charge is 0.266 e. The fraction of sp³-hybridized carbons (Fsp3) is 0.632. The van der Waals surface area contributed by atoms with Crippen molar-refractivity contribution >= 4 is 10.0 Å². The third kappa shape index (κ3) is 4.20. The van der Waals surface area contributed by atoms with Gasteiger partial charge in [0.2, 0.25) is 0 Å². The highest BCUT2D eigenvalue weighted by molar-refractivity contribution is 7.89. The normalized spacial score (nSPS) is 17.2. The number of sulfonamides is 1. The van der Waals surface area contributed by atoms with Gasteiger partial charge in [-0.1, -0.05) is 20.8 Å². The first-order valence-corrected chi connectivity index (χ1v) is 11.0. The van der Waals surface area contributed by atoms with Crippen molar-refractivity contribution in [3.8, 4) is 0 Å². The topological polar surface area (TPSA) is 90.1 Å². The predicted molar refractivity (Wildman–Crippen MR) is 107 cm³/mol. The van der Waals surface area contributed by atoms with Crippen molar-refractivity contribution in [2.24, 2.45) is 13.0 Å². The van der Waals surface area contributed by atoms with Crippen LogP contribution < -0.4 is 5.56 Å². The summed E-state index contributed by atoms with van der Waals surface area (Å²) in [4.78, 5) is 16.4. The molecule has 2 aromatic heterocycles. The molecular weight excluding hydrogens is 378 g/mol. The van der Waals surface area contributed by atoms with Gasteiger partial charge in [0.05, 0.1) is 5.69 Å². The molecule has 0 saturated carbocycles. The molecule has 0 aromatic carbocycles. The molecule has 8 nitrogen and oxygen atoms in total. The van der Waals surface area contributed by atoms with Crippen LogP contribution in [0, 0.1) is 12.8 Å². The fourth-order valence-corrected chi connectivity index (χ4v) is 4.83. The van der Waals surface area contributed by atoms with E-state index in [2.05, 4.69) is 30.9 Å². The third-order valence-corrected chi connectivity index (χ3v) is 7.10. The molecule has 3 heterocycles. The van der Waals surface area contributed by atoms with E-state index in [1.54, 1.807) is 36.9 Å². The zero-order valence-corrected chi connectivity index (χ0v) is 18.0. The Bertz CT molecular complexity index is 989. The van der Waals surface area contributed by atoms with E-state index in [0.29, 0.717) is 38.3 Å². The van der Waals surface area contributed by atoms with Crippen LogP contribution in [0.4, 0.5) is 0 Å². The molecule has 0 bridgehead atoms. The molecule has 0 atom stereocenters. The number of rotatable bonds is 4. The van der Waals surface area contributed by atoms with Crippen molar-refractivity contribution < 1.29 is 8.42 Å². The van der Waals surface area contributed by atoms with E-state index < -0.39 is 10.0 Å². The standard InChI is InChI=1S/C19H29N5O3S/c1-14-20-17(13-22(14)5)28(26,27)23-10-8-15(9-11-23)12-24-18(25)7-6-16(21-24)19(2,3)4/h6-7,13,15H,8-12H2,1-5H3. The number of nitrogens with zero attached hydrogens (tertiary/aromatic N) is 5. The molecule has 2 aromatic rings. The van der Waals surface area contributed by atoms with Crippen molar-refractivity contribution in [3.63, 3.8) is 0 Å². The van der Waals surface area contributed by atoms with E-state index in [1.807, 2.05) is 0 Å². The molecule has 0 spiro atoms. The third-order valence-electron chi connectivity index (χ3n) is 5.33. The van der Waals surface area contributed by atoms with Crippen molar-refractivity contribution in [2.45, 2.75) is 57.5 Å². The summed E-state index contributed by atoms with van der Waals surface area (Å²) in [6, 6.07) is 3.35. The molecule has 0 N–H and O–H groups in total. The Labute approximate surface area is 166 Å². The van der Waals surface area contributed by atoms with Gasteiger partial charge in [0.1, 0.15) is 5.82 Å². The number of imidazole rings is 1. The van der Waals surface area contributed by atoms with E-state index in [-0.39, 0.29) is 21.9 Å². The Balaban J connectivity index is 1.69. The number of hydrogen-bond donors (Lipinski definition) is 0. The monoisotopic (exact) mass is 407 g/mol. The van der Waals surface area contributed by atoms with Gasteiger partial charge in [-0.3, -0.25) is 4.79 Å². The minimum absolute atomic E-state index is 0.0988. The van der Waals surface area contributed by atoms with Crippen molar-refractivity contribution in [2.75, 3.05) is 13.1 Å². The number of hydrogen-bond acceptors (Lipinski definition) is 5. The Kier molecular flexibility index (Phi) is 5.51. The molecule has 0 amide bonds. The van der Waals surface area contributed by atoms with E-state index in [0.717, 1.165) is 5.69 Å². The van der Waals surface area contributed by atoms with Crippen LogP contribution in [0.15, 0.2) is 28.2 Å². The van der Waals surface area contributed by atoms with Gasteiger partial charge in [0, 0.05) is 44.4 Å². The van der Waals surface area contributed by atoms with Gasteiger partial charge in [0.15, 0.2) is 5.03 Å². The molecule has 1 saturated heterocycles. The molecule has 1 aliphatic rings. The van der Waals surface area contributed by atoms with Crippen molar-refractivity contribution in [1.82, 2.24) is 23.6 Å². The Morgan fingerprint density at radius 3 is 2.36 bits per heavy atom. The van der Waals surface area contributed by atoms with Gasteiger partial charge in [-0.2, -0.15) is 9.40 Å². The molecule has 9 heteroatoms. The molecule has 0 radical (unpaired) electrons. The van der Waals surface area contributed by atoms with Gasteiger partial charge in [-0.15, -0.1) is 0 Å². The fourth-order valence-electron chi connectivity index (χ4n) is 3.34. The summed E-state index contributed by atoms with van der Waals surface area (Å²) in [6.07, 6.45) is 2.94. The van der Waals surface area contributed by atoms with Crippen LogP contribution in [0.5, 0.6) is 0 Å². The van der Waals surface area contributed by atoms with Crippen LogP contribution in [0.1, 0.15) is 45.1 Å². The van der Waals surface area contributed by atoms with Crippen LogP contribution in [0.2, 0.25) is 0 Å². The molecule has 1 fully saturated rings. The molecule has 0 aliphatic carbocycles. The van der Waals surface area contributed by atoms with E-state index in [1.165, 1.54) is 8.99 Å². The van der Waals surface area contributed by atoms with E-state index in [9.17, 15) is 13.2 Å². The summed E-state index contributed by atoms with van der Waals surface area (Å²) in [5.74, 6) is 0.884. The van der Waals surface area contributed by atoms with Gasteiger partial charge in [-0.25, -0.2) is 18.1 Å². The Morgan fingerprint density at radius 1 is 1.18 bits per heavy atom. The van der Waals surface area contributed by atoms with Crippen LogP contribution >= 0.6 is 0 Å². The molecular formula is C19H29N5O3S. The summed E-state index contributed by atoms with van der Waals surface area (Å²) in [5, 5.41) is 4.62. The maximum Gasteiger partial charge on any atom is 0.266 e. The van der Waals surface area contributed by atoms with Gasteiger partial charge >= 0.3 is 0 Å². The van der Waals surface area contributed by atoms with Gasteiger partial charge in [0.25, 0.3) is 15.6 Å². The van der Waals surface area contributed by atoms with Gasteiger partial charge in [-0.05, 0) is 31.7 Å². The SMILES string of the molecule is Cc1nc(S(=O)(=O)N2CCC(Cn3nc(C(C)(C)C)ccc3=O)CC2)cn1C. The molecule has 1 aliphatic heterocycles. The average molecular weight is 408 g/mol. The number of aromatic nitrogens is 4. The summed E-state index contributed by atoms with van der Waals surface area (Å²) in [6.45, 7) is 9.33. The zero-order chi connectivity index (χ0) is 20.7. The lowest BCUT2D eigenvalue weighted by Crippen LogP contribution is -2.40. The zero-order valence-electron chi connectivity index (χ0n) is 17.2. The largest absolute Gasteiger partial charge is 0.337 e. The van der Waals surface area contributed by atoms with Crippen LogP contribution in [0.3, 0.4) is 0 Å². The first kappa shape index (κ1) is 20.7. The van der Waals surface area contributed by atoms with Crippen LogP contribution in [0.25, 0.3) is 0 Å². The van der Waals surface area contributed by atoms with Crippen molar-refractivity contribution in [3.05, 3.63) is 40.2 Å². The second-order valence-corrected chi connectivity index (χ2v) is 10.5. The summed E-state index contributed by atoms with van der Waals surface area (Å²) >= 11 is 0. The first-order chi connectivity index (χ1) is 13.0. The molecule has 154 valence electrons. The average Bonchev–Trinajstić information content (AvgIpc) is 2.96. The second kappa shape index (κ2) is 7.44. The predicted octanol–water partition coefficient (Wildman–Crippen LogP) is 1.68. The number of aryl methyl sites for hydroxylation is 2. The lowest BCUT2D eigenvalue weighted by molar-refractivity contribution is 0.243. The van der Waals surface area contributed by atoms with Crippen LogP contribution in [-0.4, -0.2) is 45.1 Å². The number of piperidine rings is 1. The van der Waals surface area contributed by atoms with Crippen LogP contribution in [-0.2, 0) is 29.0 Å². The lowest BCUT2D eigenvalue weighted by atomic mass is 9.92. The summed E-state index contributed by atoms with van der Waals surface area (Å²) in [5.41, 5.74) is 0.623. The highest BCUT2D eigenvalue weighted by Crippen LogP contribution is 2.24. The van der Waals surface area contributed by atoms with Gasteiger partial charge < -0.3 is 4.57 Å². The van der Waals surface area contributed by atoms with E-state index in [4.69, 9.17) is 0 Å². The Hall–Kier alpha value is -2.00. The minimum atomic E-state index is -3.58. The highest BCUT2D eigenvalue weighted by Gasteiger charge is 2.31. The minimum Gasteiger partial charge on any atom is -0.337 e. The quantitative estimate of drug-likeness (QED) is 0.769. The Morgan fingerprint density at radius 2 is 1.82 bits per heavy atom. The summed E-state index contributed by atoms with van der Waals surface area (Å²) in [7, 11) is -1.80. The molecule has 0 unspecified atom stereocenters.